The van der Waals surface area contributed by atoms with Crippen LogP contribution in [0.2, 0.25) is 0 Å². The lowest BCUT2D eigenvalue weighted by Gasteiger charge is -2.48. The van der Waals surface area contributed by atoms with Crippen LogP contribution in [0.5, 0.6) is 0 Å². The number of piperazine rings is 1. The quantitative estimate of drug-likeness (QED) is 0.477. The highest BCUT2D eigenvalue weighted by molar-refractivity contribution is 5.99. The number of halogens is 2. The minimum atomic E-state index is -0.645. The molecule has 0 spiro atoms. The van der Waals surface area contributed by atoms with E-state index in [9.17, 15) is 18.4 Å². The molecular weight excluding hydrogens is 464 g/mol. The Balaban J connectivity index is 1.07. The fourth-order valence-corrected chi connectivity index (χ4v) is 5.12. The minimum Gasteiger partial charge on any atom is -0.357 e. The Morgan fingerprint density at radius 3 is 2.39 bits per heavy atom. The van der Waals surface area contributed by atoms with Gasteiger partial charge in [0.05, 0.1) is 11.2 Å². The van der Waals surface area contributed by atoms with E-state index in [0.717, 1.165) is 30.1 Å². The standard InChI is InChI=1S/C27H25F2N5O2/c28-20-4-6-25(22(29)15-20)34-9-7-18-14-19(3-5-24(18)34)26(35)33-16-21(17-33)31-10-12-32(13-11-31)27(36)23-2-1-8-30-23/h1-9,14-15,21,30H,10-13,16-17H2. The van der Waals surface area contributed by atoms with Crippen LogP contribution >= 0.6 is 0 Å². The summed E-state index contributed by atoms with van der Waals surface area (Å²) >= 11 is 0. The lowest BCUT2D eigenvalue weighted by molar-refractivity contribution is 0.00844. The van der Waals surface area contributed by atoms with Gasteiger partial charge in [-0.1, -0.05) is 0 Å². The second-order valence-electron chi connectivity index (χ2n) is 9.33. The van der Waals surface area contributed by atoms with Gasteiger partial charge >= 0.3 is 0 Å². The Labute approximate surface area is 206 Å². The normalized spacial score (nSPS) is 16.9. The molecule has 2 aliphatic rings. The van der Waals surface area contributed by atoms with Gasteiger partial charge in [-0.3, -0.25) is 14.5 Å². The van der Waals surface area contributed by atoms with Gasteiger partial charge < -0.3 is 19.4 Å². The second-order valence-corrected chi connectivity index (χ2v) is 9.33. The highest BCUT2D eigenvalue weighted by Crippen LogP contribution is 2.26. The van der Waals surface area contributed by atoms with E-state index < -0.39 is 11.6 Å². The molecule has 2 amide bonds. The molecule has 1 N–H and O–H groups in total. The smallest absolute Gasteiger partial charge is 0.270 e. The molecule has 4 heterocycles. The zero-order chi connectivity index (χ0) is 24.8. The van der Waals surface area contributed by atoms with E-state index in [2.05, 4.69) is 9.88 Å². The molecule has 0 unspecified atom stereocenters. The number of nitrogens with one attached hydrogen (secondary N) is 1. The molecule has 2 saturated heterocycles. The Hall–Kier alpha value is -3.98. The van der Waals surface area contributed by atoms with Crippen molar-refractivity contribution in [1.29, 1.82) is 0 Å². The zero-order valence-electron chi connectivity index (χ0n) is 19.5. The number of aromatic nitrogens is 2. The lowest BCUT2D eigenvalue weighted by Crippen LogP contribution is -2.64. The van der Waals surface area contributed by atoms with Crippen LogP contribution in [0.3, 0.4) is 0 Å². The third kappa shape index (κ3) is 3.95. The maximum atomic E-state index is 14.3. The summed E-state index contributed by atoms with van der Waals surface area (Å²) in [4.78, 5) is 34.6. The number of likely N-dealkylation sites (tertiary alicyclic amines) is 1. The number of aromatic amines is 1. The Bertz CT molecular complexity index is 1430. The van der Waals surface area contributed by atoms with Crippen molar-refractivity contribution in [3.63, 3.8) is 0 Å². The first-order chi connectivity index (χ1) is 17.5. The van der Waals surface area contributed by atoms with Crippen LogP contribution < -0.4 is 0 Å². The monoisotopic (exact) mass is 489 g/mol. The van der Waals surface area contributed by atoms with Gasteiger partial charge in [0.1, 0.15) is 17.3 Å². The molecule has 0 aliphatic carbocycles. The van der Waals surface area contributed by atoms with Gasteiger partial charge in [-0.05, 0) is 48.5 Å². The fraction of sp³-hybridized carbons (Fsp3) is 0.259. The molecule has 4 aromatic rings. The highest BCUT2D eigenvalue weighted by Gasteiger charge is 2.37. The third-order valence-corrected chi connectivity index (χ3v) is 7.20. The molecule has 0 saturated carbocycles. The van der Waals surface area contributed by atoms with Crippen molar-refractivity contribution in [2.45, 2.75) is 6.04 Å². The number of fused-ring (bicyclic) bond motifs is 1. The predicted molar refractivity (Wildman–Crippen MR) is 131 cm³/mol. The molecule has 2 aliphatic heterocycles. The predicted octanol–water partition coefficient (Wildman–Crippen LogP) is 3.52. The molecule has 7 nitrogen and oxygen atoms in total. The van der Waals surface area contributed by atoms with Crippen molar-refractivity contribution in [3.05, 3.63) is 89.9 Å². The Kier molecular flexibility index (Phi) is 5.56. The third-order valence-electron chi connectivity index (χ3n) is 7.20. The van der Waals surface area contributed by atoms with Gasteiger partial charge in [0, 0.05) is 74.7 Å². The van der Waals surface area contributed by atoms with Gasteiger partial charge in [-0.15, -0.1) is 0 Å². The number of carbonyl (C=O) groups excluding carboxylic acids is 2. The summed E-state index contributed by atoms with van der Waals surface area (Å²) in [6.45, 7) is 4.23. The van der Waals surface area contributed by atoms with Gasteiger partial charge in [0.2, 0.25) is 0 Å². The molecule has 0 atom stereocenters. The average molecular weight is 490 g/mol. The van der Waals surface area contributed by atoms with Crippen LogP contribution in [0.15, 0.2) is 67.0 Å². The molecule has 2 aromatic carbocycles. The van der Waals surface area contributed by atoms with Crippen LogP contribution in [0.25, 0.3) is 16.6 Å². The molecule has 0 radical (unpaired) electrons. The zero-order valence-corrected chi connectivity index (χ0v) is 19.5. The summed E-state index contributed by atoms with van der Waals surface area (Å²) in [5.74, 6) is -1.28. The van der Waals surface area contributed by atoms with Gasteiger partial charge in [-0.2, -0.15) is 0 Å². The second kappa shape index (κ2) is 8.91. The molecular formula is C27H25F2N5O2. The molecule has 6 rings (SSSR count). The van der Waals surface area contributed by atoms with Crippen LogP contribution in [0.4, 0.5) is 8.78 Å². The average Bonchev–Trinajstić information content (AvgIpc) is 3.53. The van der Waals surface area contributed by atoms with E-state index in [1.54, 1.807) is 35.2 Å². The van der Waals surface area contributed by atoms with Crippen molar-refractivity contribution >= 4 is 22.7 Å². The summed E-state index contributed by atoms with van der Waals surface area (Å²) in [5, 5.41) is 0.810. The lowest BCUT2D eigenvalue weighted by atomic mass is 10.0. The van der Waals surface area contributed by atoms with E-state index >= 15 is 0 Å². The minimum absolute atomic E-state index is 0.0245. The van der Waals surface area contributed by atoms with Crippen molar-refractivity contribution in [3.8, 4) is 5.69 Å². The van der Waals surface area contributed by atoms with Crippen molar-refractivity contribution in [1.82, 2.24) is 24.3 Å². The number of benzene rings is 2. The summed E-state index contributed by atoms with van der Waals surface area (Å²) < 4.78 is 29.2. The molecule has 2 fully saturated rings. The molecule has 36 heavy (non-hydrogen) atoms. The van der Waals surface area contributed by atoms with Crippen LogP contribution in [0.1, 0.15) is 20.8 Å². The van der Waals surface area contributed by atoms with Crippen LogP contribution in [-0.4, -0.2) is 81.4 Å². The summed E-state index contributed by atoms with van der Waals surface area (Å²) in [6, 6.07) is 14.6. The maximum Gasteiger partial charge on any atom is 0.270 e. The summed E-state index contributed by atoms with van der Waals surface area (Å²) in [6.07, 6.45) is 3.47. The van der Waals surface area contributed by atoms with Crippen molar-refractivity contribution < 1.29 is 18.4 Å². The van der Waals surface area contributed by atoms with Crippen molar-refractivity contribution in [2.75, 3.05) is 39.3 Å². The topological polar surface area (TPSA) is 64.6 Å². The van der Waals surface area contributed by atoms with E-state index in [1.165, 1.54) is 12.1 Å². The number of H-pyrrole nitrogens is 1. The van der Waals surface area contributed by atoms with Gasteiger partial charge in [-0.25, -0.2) is 8.78 Å². The number of amides is 2. The number of nitrogens with zero attached hydrogens (tertiary/aromatic N) is 4. The molecule has 2 aromatic heterocycles. The van der Waals surface area contributed by atoms with E-state index in [1.807, 2.05) is 28.0 Å². The first-order valence-electron chi connectivity index (χ1n) is 12.0. The largest absolute Gasteiger partial charge is 0.357 e. The summed E-state index contributed by atoms with van der Waals surface area (Å²) in [5.41, 5.74) is 2.19. The van der Waals surface area contributed by atoms with E-state index in [0.29, 0.717) is 43.5 Å². The number of hydrogen-bond donors (Lipinski definition) is 1. The summed E-state index contributed by atoms with van der Waals surface area (Å²) in [7, 11) is 0. The van der Waals surface area contributed by atoms with Crippen LogP contribution in [0, 0.1) is 11.6 Å². The van der Waals surface area contributed by atoms with Gasteiger partial charge in [0.25, 0.3) is 11.8 Å². The Morgan fingerprint density at radius 1 is 0.861 bits per heavy atom. The van der Waals surface area contributed by atoms with Gasteiger partial charge in [0.15, 0.2) is 0 Å². The highest BCUT2D eigenvalue weighted by atomic mass is 19.1. The number of rotatable bonds is 4. The number of carbonyl (C=O) groups is 2. The van der Waals surface area contributed by atoms with Crippen molar-refractivity contribution in [2.24, 2.45) is 0 Å². The SMILES string of the molecule is O=C(c1ccc2c(ccn2-c2ccc(F)cc2F)c1)N1CC(N2CCN(C(=O)c3ccc[nH]3)CC2)C1. The molecule has 184 valence electrons. The van der Waals surface area contributed by atoms with E-state index in [4.69, 9.17) is 0 Å². The molecule has 9 heteroatoms. The first kappa shape index (κ1) is 22.5. The first-order valence-corrected chi connectivity index (χ1v) is 12.0. The molecule has 0 bridgehead atoms. The van der Waals surface area contributed by atoms with Crippen LogP contribution in [-0.2, 0) is 0 Å². The number of hydrogen-bond acceptors (Lipinski definition) is 3. The van der Waals surface area contributed by atoms with E-state index in [-0.39, 0.29) is 17.5 Å². The maximum absolute atomic E-state index is 14.3. The Morgan fingerprint density at radius 2 is 1.67 bits per heavy atom. The fourth-order valence-electron chi connectivity index (χ4n) is 5.12.